The predicted octanol–water partition coefficient (Wildman–Crippen LogP) is 3.36. The summed E-state index contributed by atoms with van der Waals surface area (Å²) in [6.07, 6.45) is -1.07. The summed E-state index contributed by atoms with van der Waals surface area (Å²) in [5, 5.41) is 9.74. The first-order chi connectivity index (χ1) is 9.03. The van der Waals surface area contributed by atoms with Gasteiger partial charge in [0, 0.05) is 0 Å². The lowest BCUT2D eigenvalue weighted by molar-refractivity contribution is 0.122. The highest BCUT2D eigenvalue weighted by atomic mass is 35.5. The number of rotatable bonds is 0. The van der Waals surface area contributed by atoms with Crippen molar-refractivity contribution < 1.29 is 5.11 Å². The topological polar surface area (TPSA) is 46.2 Å². The molecule has 4 heteroatoms. The van der Waals surface area contributed by atoms with Gasteiger partial charge in [-0.2, -0.15) is 0 Å². The van der Waals surface area contributed by atoms with Crippen molar-refractivity contribution in [1.29, 1.82) is 0 Å². The van der Waals surface area contributed by atoms with Crippen molar-refractivity contribution in [3.05, 3.63) is 59.7 Å². The zero-order valence-corrected chi connectivity index (χ0v) is 11.6. The standard InChI is InChI=1S/C15H13Cl2NO/c16-13-11-7-2-1-5-9(11)10-6-3-4-8-12(10)15(17,18)14(13)19/h1-8,13-14,19H,18H2. The number of aliphatic hydroxyl groups is 1. The van der Waals surface area contributed by atoms with Gasteiger partial charge in [0.15, 0.2) is 0 Å². The molecule has 3 unspecified atom stereocenters. The highest BCUT2D eigenvalue weighted by Gasteiger charge is 2.43. The van der Waals surface area contributed by atoms with Gasteiger partial charge in [0.05, 0.1) is 5.38 Å². The Bertz CT molecular complexity index is 627. The van der Waals surface area contributed by atoms with Crippen molar-refractivity contribution in [2.75, 3.05) is 0 Å². The molecule has 3 rings (SSSR count). The molecule has 3 N–H and O–H groups in total. The monoisotopic (exact) mass is 293 g/mol. The Balaban J connectivity index is 2.38. The molecule has 0 aliphatic heterocycles. The molecule has 2 aromatic carbocycles. The molecule has 98 valence electrons. The SMILES string of the molecule is NC1(Cl)c2ccccc2-c2ccccc2C(Cl)C1O. The number of hydrogen-bond acceptors (Lipinski definition) is 2. The number of alkyl halides is 2. The Morgan fingerprint density at radius 3 is 2.32 bits per heavy atom. The molecule has 19 heavy (non-hydrogen) atoms. The first kappa shape index (κ1) is 12.9. The van der Waals surface area contributed by atoms with Gasteiger partial charge in [0.25, 0.3) is 0 Å². The maximum absolute atomic E-state index is 10.4. The lowest BCUT2D eigenvalue weighted by Crippen LogP contribution is -2.44. The second kappa shape index (κ2) is 4.50. The third-order valence-corrected chi connectivity index (χ3v) is 4.50. The molecule has 0 radical (unpaired) electrons. The summed E-state index contributed by atoms with van der Waals surface area (Å²) in [7, 11) is 0. The van der Waals surface area contributed by atoms with Crippen molar-refractivity contribution >= 4 is 23.2 Å². The fraction of sp³-hybridized carbons (Fsp3) is 0.200. The van der Waals surface area contributed by atoms with E-state index >= 15 is 0 Å². The highest BCUT2D eigenvalue weighted by molar-refractivity contribution is 6.27. The van der Waals surface area contributed by atoms with Gasteiger partial charge in [0.1, 0.15) is 11.1 Å². The van der Waals surface area contributed by atoms with Gasteiger partial charge < -0.3 is 10.8 Å². The zero-order valence-electron chi connectivity index (χ0n) is 10.1. The van der Waals surface area contributed by atoms with Crippen LogP contribution < -0.4 is 5.73 Å². The number of benzene rings is 2. The Morgan fingerprint density at radius 2 is 1.58 bits per heavy atom. The van der Waals surface area contributed by atoms with E-state index < -0.39 is 16.5 Å². The van der Waals surface area contributed by atoms with Gasteiger partial charge in [-0.15, -0.1) is 11.6 Å². The van der Waals surface area contributed by atoms with Crippen LogP contribution in [0.1, 0.15) is 16.5 Å². The summed E-state index contributed by atoms with van der Waals surface area (Å²) in [6, 6.07) is 15.2. The smallest absolute Gasteiger partial charge is 0.145 e. The molecule has 2 aromatic rings. The Labute approximate surface area is 121 Å². The first-order valence-corrected chi connectivity index (χ1v) is 6.83. The van der Waals surface area contributed by atoms with Crippen molar-refractivity contribution in [2.45, 2.75) is 16.5 Å². The number of halogens is 2. The average molecular weight is 294 g/mol. The molecule has 2 nitrogen and oxygen atoms in total. The quantitative estimate of drug-likeness (QED) is 0.578. The van der Waals surface area contributed by atoms with Crippen LogP contribution in [0, 0.1) is 0 Å². The largest absolute Gasteiger partial charge is 0.388 e. The van der Waals surface area contributed by atoms with Crippen LogP contribution in [-0.4, -0.2) is 11.2 Å². The molecule has 3 atom stereocenters. The van der Waals surface area contributed by atoms with E-state index in [0.717, 1.165) is 16.7 Å². The summed E-state index contributed by atoms with van der Waals surface area (Å²) >= 11 is 12.7. The summed E-state index contributed by atoms with van der Waals surface area (Å²) in [5.74, 6) is 0. The predicted molar refractivity (Wildman–Crippen MR) is 78.2 cm³/mol. The van der Waals surface area contributed by atoms with Crippen LogP contribution in [0.2, 0.25) is 0 Å². The number of hydrogen-bond donors (Lipinski definition) is 2. The van der Waals surface area contributed by atoms with Crippen LogP contribution in [0.4, 0.5) is 0 Å². The normalized spacial score (nSPS) is 29.3. The second-order valence-corrected chi connectivity index (χ2v) is 5.84. The third kappa shape index (κ3) is 1.87. The molecule has 0 amide bonds. The zero-order chi connectivity index (χ0) is 13.6. The molecule has 0 saturated heterocycles. The summed E-state index contributed by atoms with van der Waals surface area (Å²) in [4.78, 5) is -1.40. The van der Waals surface area contributed by atoms with E-state index in [1.54, 1.807) is 0 Å². The van der Waals surface area contributed by atoms with Crippen LogP contribution in [0.15, 0.2) is 48.5 Å². The number of aliphatic hydroxyl groups excluding tert-OH is 1. The average Bonchev–Trinajstić information content (AvgIpc) is 2.50. The van der Waals surface area contributed by atoms with E-state index in [9.17, 15) is 5.11 Å². The van der Waals surface area contributed by atoms with E-state index in [4.69, 9.17) is 28.9 Å². The lowest BCUT2D eigenvalue weighted by Gasteiger charge is -2.30. The highest BCUT2D eigenvalue weighted by Crippen LogP contribution is 2.47. The van der Waals surface area contributed by atoms with Crippen molar-refractivity contribution in [3.8, 4) is 11.1 Å². The van der Waals surface area contributed by atoms with Gasteiger partial charge in [-0.25, -0.2) is 0 Å². The van der Waals surface area contributed by atoms with E-state index in [2.05, 4.69) is 0 Å². The third-order valence-electron chi connectivity index (χ3n) is 3.60. The minimum atomic E-state index is -1.40. The maximum atomic E-state index is 10.4. The van der Waals surface area contributed by atoms with Gasteiger partial charge in [0.2, 0.25) is 0 Å². The van der Waals surface area contributed by atoms with Gasteiger partial charge in [-0.3, -0.25) is 0 Å². The Kier molecular flexibility index (Phi) is 3.06. The minimum Gasteiger partial charge on any atom is -0.388 e. The van der Waals surface area contributed by atoms with E-state index in [-0.39, 0.29) is 0 Å². The van der Waals surface area contributed by atoms with Crippen LogP contribution in [-0.2, 0) is 5.00 Å². The summed E-state index contributed by atoms with van der Waals surface area (Å²) in [5.41, 5.74) is 9.55. The fourth-order valence-corrected chi connectivity index (χ4v) is 3.32. The van der Waals surface area contributed by atoms with Crippen LogP contribution in [0.5, 0.6) is 0 Å². The summed E-state index contributed by atoms with van der Waals surface area (Å²) in [6.45, 7) is 0. The van der Waals surface area contributed by atoms with Crippen molar-refractivity contribution in [1.82, 2.24) is 0 Å². The molecule has 1 aliphatic carbocycles. The molecule has 0 saturated carbocycles. The van der Waals surface area contributed by atoms with Gasteiger partial charge >= 0.3 is 0 Å². The summed E-state index contributed by atoms with van der Waals surface area (Å²) < 4.78 is 0. The number of fused-ring (bicyclic) bond motifs is 3. The van der Waals surface area contributed by atoms with E-state index in [1.165, 1.54) is 0 Å². The second-order valence-electron chi connectivity index (χ2n) is 4.75. The molecule has 1 aliphatic rings. The Hall–Kier alpha value is -1.06. The molecule has 0 aromatic heterocycles. The maximum Gasteiger partial charge on any atom is 0.145 e. The molecule has 0 spiro atoms. The van der Waals surface area contributed by atoms with Gasteiger partial charge in [-0.1, -0.05) is 60.1 Å². The van der Waals surface area contributed by atoms with E-state index in [1.807, 2.05) is 48.5 Å². The van der Waals surface area contributed by atoms with Crippen molar-refractivity contribution in [3.63, 3.8) is 0 Å². The van der Waals surface area contributed by atoms with Crippen LogP contribution >= 0.6 is 23.2 Å². The fourth-order valence-electron chi connectivity index (χ4n) is 2.58. The lowest BCUT2D eigenvalue weighted by atomic mass is 9.95. The Morgan fingerprint density at radius 1 is 1.00 bits per heavy atom. The van der Waals surface area contributed by atoms with E-state index in [0.29, 0.717) is 5.56 Å². The number of nitrogens with two attached hydrogens (primary N) is 1. The van der Waals surface area contributed by atoms with Crippen molar-refractivity contribution in [2.24, 2.45) is 5.73 Å². The first-order valence-electron chi connectivity index (χ1n) is 6.02. The minimum absolute atomic E-state index is 0.647. The molecular weight excluding hydrogens is 281 g/mol. The van der Waals surface area contributed by atoms with Crippen LogP contribution in [0.3, 0.4) is 0 Å². The molecule has 0 heterocycles. The molecule has 0 bridgehead atoms. The molecular formula is C15H13Cl2NO. The van der Waals surface area contributed by atoms with Gasteiger partial charge in [-0.05, 0) is 22.3 Å². The van der Waals surface area contributed by atoms with Crippen LogP contribution in [0.25, 0.3) is 11.1 Å². The molecule has 0 fully saturated rings.